The number of fused-ring (bicyclic) bond motifs is 1. The number of amides is 2. The van der Waals surface area contributed by atoms with Crippen molar-refractivity contribution >= 4 is 17.5 Å². The lowest BCUT2D eigenvalue weighted by Crippen LogP contribution is -2.26. The Balaban J connectivity index is 1.57. The lowest BCUT2D eigenvalue weighted by Gasteiger charge is -2.17. The number of ether oxygens (including phenoxy) is 1. The third-order valence-corrected chi connectivity index (χ3v) is 4.31. The van der Waals surface area contributed by atoms with Crippen LogP contribution >= 0.6 is 0 Å². The molecule has 1 heterocycles. The van der Waals surface area contributed by atoms with E-state index in [-0.39, 0.29) is 11.8 Å². The maximum Gasteiger partial charge on any atom is 0.230 e. The predicted octanol–water partition coefficient (Wildman–Crippen LogP) is 2.68. The van der Waals surface area contributed by atoms with Crippen LogP contribution < -0.4 is 15.0 Å². The van der Waals surface area contributed by atoms with Crippen LogP contribution in [-0.4, -0.2) is 25.5 Å². The third-order valence-electron chi connectivity index (χ3n) is 4.31. The Morgan fingerprint density at radius 1 is 1.16 bits per heavy atom. The number of carbonyl (C=O) groups is 2. The molecule has 0 aliphatic carbocycles. The molecule has 25 heavy (non-hydrogen) atoms. The summed E-state index contributed by atoms with van der Waals surface area (Å²) in [5, 5.41) is 2.93. The number of aryl methyl sites for hydroxylation is 1. The molecule has 3 rings (SSSR count). The molecule has 1 N–H and O–H groups in total. The van der Waals surface area contributed by atoms with Gasteiger partial charge in [0.05, 0.1) is 18.7 Å². The third kappa shape index (κ3) is 4.38. The zero-order valence-electron chi connectivity index (χ0n) is 14.3. The largest absolute Gasteiger partial charge is 0.491 e. The lowest BCUT2D eigenvalue weighted by molar-refractivity contribution is -0.121. The van der Waals surface area contributed by atoms with Gasteiger partial charge in [0.1, 0.15) is 5.75 Å². The van der Waals surface area contributed by atoms with E-state index in [9.17, 15) is 9.59 Å². The number of hydrogen-bond donors (Lipinski definition) is 1. The molecule has 0 bridgehead atoms. The molecule has 2 amide bonds. The zero-order valence-corrected chi connectivity index (χ0v) is 14.3. The summed E-state index contributed by atoms with van der Waals surface area (Å²) in [5.74, 6) is 0.745. The van der Waals surface area contributed by atoms with Crippen molar-refractivity contribution in [3.05, 3.63) is 59.7 Å². The fourth-order valence-electron chi connectivity index (χ4n) is 2.80. The zero-order chi connectivity index (χ0) is 17.6. The van der Waals surface area contributed by atoms with Crippen molar-refractivity contribution in [1.29, 1.82) is 0 Å². The highest BCUT2D eigenvalue weighted by Crippen LogP contribution is 2.31. The van der Waals surface area contributed by atoms with Gasteiger partial charge in [0, 0.05) is 20.0 Å². The van der Waals surface area contributed by atoms with Crippen LogP contribution in [0.4, 0.5) is 5.69 Å². The van der Waals surface area contributed by atoms with Crippen molar-refractivity contribution in [3.8, 4) is 5.75 Å². The smallest absolute Gasteiger partial charge is 0.230 e. The van der Waals surface area contributed by atoms with Crippen LogP contribution in [0.15, 0.2) is 48.5 Å². The first-order chi connectivity index (χ1) is 12.1. The van der Waals surface area contributed by atoms with Crippen LogP contribution in [0.5, 0.6) is 5.75 Å². The van der Waals surface area contributed by atoms with Crippen LogP contribution in [0.25, 0.3) is 0 Å². The maximum atomic E-state index is 12.0. The molecule has 0 fully saturated rings. The summed E-state index contributed by atoms with van der Waals surface area (Å²) in [4.78, 5) is 25.6. The standard InChI is InChI=1S/C20H22N2O3/c1-22-17-13-16(7-9-18(17)25-12-11-20(22)24)14-21-19(23)10-8-15-5-3-2-4-6-15/h2-7,9,13H,8,10-12,14H2,1H3,(H,21,23). The van der Waals surface area contributed by atoms with E-state index in [0.717, 1.165) is 23.2 Å². The Hall–Kier alpha value is -2.82. The summed E-state index contributed by atoms with van der Waals surface area (Å²) in [6.07, 6.45) is 1.55. The van der Waals surface area contributed by atoms with Crippen LogP contribution in [0, 0.1) is 0 Å². The summed E-state index contributed by atoms with van der Waals surface area (Å²) in [7, 11) is 1.75. The van der Waals surface area contributed by atoms with E-state index in [1.54, 1.807) is 11.9 Å². The van der Waals surface area contributed by atoms with Crippen LogP contribution in [0.1, 0.15) is 24.0 Å². The quantitative estimate of drug-likeness (QED) is 0.912. The highest BCUT2D eigenvalue weighted by atomic mass is 16.5. The average molecular weight is 338 g/mol. The average Bonchev–Trinajstić information content (AvgIpc) is 2.78. The minimum atomic E-state index is 0.0134. The molecule has 5 nitrogen and oxygen atoms in total. The van der Waals surface area contributed by atoms with Gasteiger partial charge in [-0.05, 0) is 29.7 Å². The molecule has 0 spiro atoms. The van der Waals surface area contributed by atoms with E-state index in [1.807, 2.05) is 48.5 Å². The summed E-state index contributed by atoms with van der Waals surface area (Å²) >= 11 is 0. The molecule has 0 saturated heterocycles. The van der Waals surface area contributed by atoms with Crippen LogP contribution in [0.2, 0.25) is 0 Å². The monoisotopic (exact) mass is 338 g/mol. The van der Waals surface area contributed by atoms with Gasteiger partial charge in [0.15, 0.2) is 0 Å². The number of nitrogens with zero attached hydrogens (tertiary/aromatic N) is 1. The molecule has 0 aromatic heterocycles. The highest BCUT2D eigenvalue weighted by molar-refractivity contribution is 5.95. The van der Waals surface area contributed by atoms with Crippen molar-refractivity contribution in [2.75, 3.05) is 18.6 Å². The molecule has 130 valence electrons. The first-order valence-corrected chi connectivity index (χ1v) is 8.46. The second-order valence-corrected chi connectivity index (χ2v) is 6.12. The van der Waals surface area contributed by atoms with Crippen LogP contribution in [-0.2, 0) is 22.6 Å². The second kappa shape index (κ2) is 7.83. The molecule has 2 aromatic rings. The van der Waals surface area contributed by atoms with Gasteiger partial charge >= 0.3 is 0 Å². The van der Waals surface area contributed by atoms with E-state index in [1.165, 1.54) is 0 Å². The van der Waals surface area contributed by atoms with Crippen molar-refractivity contribution in [3.63, 3.8) is 0 Å². The Labute approximate surface area is 147 Å². The van der Waals surface area contributed by atoms with Crippen molar-refractivity contribution in [2.24, 2.45) is 0 Å². The van der Waals surface area contributed by atoms with E-state index in [0.29, 0.717) is 31.7 Å². The van der Waals surface area contributed by atoms with E-state index in [4.69, 9.17) is 4.74 Å². The van der Waals surface area contributed by atoms with Gasteiger partial charge in [0.25, 0.3) is 0 Å². The van der Waals surface area contributed by atoms with E-state index in [2.05, 4.69) is 5.32 Å². The minimum absolute atomic E-state index is 0.0134. The SMILES string of the molecule is CN1C(=O)CCOc2ccc(CNC(=O)CCc3ccccc3)cc21. The Bertz CT molecular complexity index is 759. The molecule has 0 saturated carbocycles. The summed E-state index contributed by atoms with van der Waals surface area (Å²) < 4.78 is 5.61. The second-order valence-electron chi connectivity index (χ2n) is 6.12. The first kappa shape index (κ1) is 17.0. The molecule has 0 radical (unpaired) electrons. The summed E-state index contributed by atoms with van der Waals surface area (Å²) in [6.45, 7) is 0.828. The fraction of sp³-hybridized carbons (Fsp3) is 0.300. The molecule has 1 aliphatic rings. The number of anilines is 1. The predicted molar refractivity (Wildman–Crippen MR) is 96.6 cm³/mol. The molecule has 0 atom stereocenters. The fourth-order valence-corrected chi connectivity index (χ4v) is 2.80. The summed E-state index contributed by atoms with van der Waals surface area (Å²) in [5.41, 5.74) is 2.84. The molecule has 2 aromatic carbocycles. The number of hydrogen-bond acceptors (Lipinski definition) is 3. The van der Waals surface area contributed by atoms with Gasteiger partial charge < -0.3 is 15.0 Å². The lowest BCUT2D eigenvalue weighted by atomic mass is 10.1. The minimum Gasteiger partial charge on any atom is -0.491 e. The van der Waals surface area contributed by atoms with Gasteiger partial charge in [-0.15, -0.1) is 0 Å². The number of rotatable bonds is 5. The number of benzene rings is 2. The molecule has 0 unspecified atom stereocenters. The van der Waals surface area contributed by atoms with Crippen LogP contribution in [0.3, 0.4) is 0 Å². The molecule has 1 aliphatic heterocycles. The Kier molecular flexibility index (Phi) is 5.33. The topological polar surface area (TPSA) is 58.6 Å². The molecular weight excluding hydrogens is 316 g/mol. The summed E-state index contributed by atoms with van der Waals surface area (Å²) in [6, 6.07) is 15.6. The first-order valence-electron chi connectivity index (χ1n) is 8.46. The van der Waals surface area contributed by atoms with Crippen molar-refractivity contribution in [2.45, 2.75) is 25.8 Å². The van der Waals surface area contributed by atoms with Gasteiger partial charge in [-0.25, -0.2) is 0 Å². The normalized spacial score (nSPS) is 13.6. The van der Waals surface area contributed by atoms with E-state index >= 15 is 0 Å². The van der Waals surface area contributed by atoms with Gasteiger partial charge in [0.2, 0.25) is 11.8 Å². The van der Waals surface area contributed by atoms with Crippen molar-refractivity contribution in [1.82, 2.24) is 5.32 Å². The number of carbonyl (C=O) groups excluding carboxylic acids is 2. The molecular formula is C20H22N2O3. The maximum absolute atomic E-state index is 12.0. The van der Waals surface area contributed by atoms with E-state index < -0.39 is 0 Å². The highest BCUT2D eigenvalue weighted by Gasteiger charge is 2.20. The number of nitrogens with one attached hydrogen (secondary N) is 1. The van der Waals surface area contributed by atoms with Gasteiger partial charge in [-0.1, -0.05) is 36.4 Å². The molecule has 5 heteroatoms. The Morgan fingerprint density at radius 2 is 1.96 bits per heavy atom. The Morgan fingerprint density at radius 3 is 2.76 bits per heavy atom. The van der Waals surface area contributed by atoms with Crippen molar-refractivity contribution < 1.29 is 14.3 Å². The van der Waals surface area contributed by atoms with Gasteiger partial charge in [-0.2, -0.15) is 0 Å². The van der Waals surface area contributed by atoms with Gasteiger partial charge in [-0.3, -0.25) is 9.59 Å².